The summed E-state index contributed by atoms with van der Waals surface area (Å²) in [5.74, 6) is -0.630. The van der Waals surface area contributed by atoms with Gasteiger partial charge in [0.25, 0.3) is 17.7 Å². The van der Waals surface area contributed by atoms with Crippen LogP contribution in [0.2, 0.25) is 0 Å². The second-order valence-corrected chi connectivity index (χ2v) is 9.36. The van der Waals surface area contributed by atoms with Crippen LogP contribution < -0.4 is 5.32 Å². The van der Waals surface area contributed by atoms with E-state index in [0.29, 0.717) is 17.6 Å². The minimum atomic E-state index is -1.05. The van der Waals surface area contributed by atoms with E-state index >= 15 is 0 Å². The standard InChI is InChI=1S/C23H30N2O5S/c1-14-7-6-10-18(15(14)2)24-20(26)13-30-23(29)19(11-12-31-3)25-21(27)16-8-4-5-9-17(16)22(25)28/h4-5,8-9,14-15,18-19H,6-7,10-13H2,1-3H3,(H,24,26)/t14-,15+,18-,19-/m1/s1. The molecular weight excluding hydrogens is 416 g/mol. The first-order chi connectivity index (χ1) is 14.8. The van der Waals surface area contributed by atoms with E-state index in [1.807, 2.05) is 6.26 Å². The number of rotatable bonds is 8. The highest BCUT2D eigenvalue weighted by atomic mass is 32.2. The molecule has 8 heteroatoms. The molecule has 31 heavy (non-hydrogen) atoms. The lowest BCUT2D eigenvalue weighted by Crippen LogP contribution is -2.48. The third kappa shape index (κ3) is 5.11. The van der Waals surface area contributed by atoms with E-state index in [4.69, 9.17) is 4.74 Å². The van der Waals surface area contributed by atoms with Gasteiger partial charge in [-0.15, -0.1) is 0 Å². The molecule has 0 aromatic heterocycles. The maximum atomic E-state index is 12.8. The number of nitrogens with one attached hydrogen (secondary N) is 1. The van der Waals surface area contributed by atoms with Crippen LogP contribution in [0.15, 0.2) is 24.3 Å². The molecule has 0 radical (unpaired) electrons. The van der Waals surface area contributed by atoms with Crippen LogP contribution in [-0.2, 0) is 14.3 Å². The van der Waals surface area contributed by atoms with Gasteiger partial charge in [-0.25, -0.2) is 4.79 Å². The molecule has 0 bridgehead atoms. The zero-order valence-electron chi connectivity index (χ0n) is 18.3. The summed E-state index contributed by atoms with van der Waals surface area (Å²) in [6.45, 7) is 3.89. The van der Waals surface area contributed by atoms with Gasteiger partial charge >= 0.3 is 5.97 Å². The maximum Gasteiger partial charge on any atom is 0.329 e. The van der Waals surface area contributed by atoms with Crippen molar-refractivity contribution in [3.05, 3.63) is 35.4 Å². The van der Waals surface area contributed by atoms with Crippen LogP contribution in [0.1, 0.15) is 60.2 Å². The van der Waals surface area contributed by atoms with E-state index < -0.39 is 30.4 Å². The van der Waals surface area contributed by atoms with Gasteiger partial charge in [0, 0.05) is 6.04 Å². The second-order valence-electron chi connectivity index (χ2n) is 8.37. The minimum absolute atomic E-state index is 0.0680. The normalized spacial score (nSPS) is 24.0. The highest BCUT2D eigenvalue weighted by molar-refractivity contribution is 7.98. The SMILES string of the molecule is CSCC[C@H](C(=O)OCC(=O)N[C@@H]1CCC[C@@H](C)[C@@H]1C)N1C(=O)c2ccccc2C1=O. The van der Waals surface area contributed by atoms with E-state index in [-0.39, 0.29) is 29.5 Å². The van der Waals surface area contributed by atoms with Gasteiger partial charge in [0.15, 0.2) is 6.61 Å². The fraction of sp³-hybridized carbons (Fsp3) is 0.565. The predicted octanol–water partition coefficient (Wildman–Crippen LogP) is 2.89. The monoisotopic (exact) mass is 446 g/mol. The fourth-order valence-electron chi connectivity index (χ4n) is 4.34. The average molecular weight is 447 g/mol. The van der Waals surface area contributed by atoms with Crippen molar-refractivity contribution in [1.29, 1.82) is 0 Å². The number of fused-ring (bicyclic) bond motifs is 1. The molecule has 1 aliphatic carbocycles. The first-order valence-electron chi connectivity index (χ1n) is 10.8. The summed E-state index contributed by atoms with van der Waals surface area (Å²) in [5, 5.41) is 2.97. The summed E-state index contributed by atoms with van der Waals surface area (Å²) in [6.07, 6.45) is 5.28. The van der Waals surface area contributed by atoms with Gasteiger partial charge in [0.2, 0.25) is 0 Å². The Morgan fingerprint density at radius 3 is 2.42 bits per heavy atom. The molecule has 1 N–H and O–H groups in total. The molecule has 7 nitrogen and oxygen atoms in total. The molecule has 0 spiro atoms. The molecule has 1 aromatic rings. The number of esters is 1. The molecule has 2 aliphatic rings. The lowest BCUT2D eigenvalue weighted by molar-refractivity contribution is -0.152. The van der Waals surface area contributed by atoms with Crippen LogP contribution in [-0.4, -0.2) is 59.3 Å². The van der Waals surface area contributed by atoms with Gasteiger partial charge < -0.3 is 10.1 Å². The van der Waals surface area contributed by atoms with Crippen LogP contribution in [0.4, 0.5) is 0 Å². The Labute approximate surface area is 187 Å². The van der Waals surface area contributed by atoms with Gasteiger partial charge in [0.1, 0.15) is 6.04 Å². The molecule has 3 rings (SSSR count). The molecule has 0 saturated heterocycles. The Morgan fingerprint density at radius 1 is 1.16 bits per heavy atom. The Morgan fingerprint density at radius 2 is 1.81 bits per heavy atom. The number of carbonyl (C=O) groups excluding carboxylic acids is 4. The summed E-state index contributed by atoms with van der Waals surface area (Å²) in [5.41, 5.74) is 0.570. The Hall–Kier alpha value is -2.35. The summed E-state index contributed by atoms with van der Waals surface area (Å²) < 4.78 is 5.27. The largest absolute Gasteiger partial charge is 0.454 e. The number of thioether (sulfide) groups is 1. The molecule has 168 valence electrons. The molecule has 1 aromatic carbocycles. The van der Waals surface area contributed by atoms with Crippen molar-refractivity contribution in [2.45, 2.75) is 51.6 Å². The maximum absolute atomic E-state index is 12.8. The zero-order chi connectivity index (χ0) is 22.5. The number of carbonyl (C=O) groups is 4. The van der Waals surface area contributed by atoms with Crippen molar-refractivity contribution >= 4 is 35.5 Å². The highest BCUT2D eigenvalue weighted by Crippen LogP contribution is 2.29. The quantitative estimate of drug-likeness (QED) is 0.488. The van der Waals surface area contributed by atoms with Crippen molar-refractivity contribution in [2.24, 2.45) is 11.8 Å². The van der Waals surface area contributed by atoms with Gasteiger partial charge in [-0.1, -0.05) is 38.8 Å². The Balaban J connectivity index is 1.63. The number of ether oxygens (including phenoxy) is 1. The molecular formula is C23H30N2O5S. The molecule has 4 atom stereocenters. The van der Waals surface area contributed by atoms with Crippen molar-refractivity contribution in [3.63, 3.8) is 0 Å². The summed E-state index contributed by atoms with van der Waals surface area (Å²) >= 11 is 1.50. The number of hydrogen-bond acceptors (Lipinski definition) is 6. The van der Waals surface area contributed by atoms with E-state index in [9.17, 15) is 19.2 Å². The number of nitrogens with zero attached hydrogens (tertiary/aromatic N) is 1. The molecule has 1 fully saturated rings. The average Bonchev–Trinajstić information content (AvgIpc) is 3.01. The minimum Gasteiger partial charge on any atom is -0.454 e. The van der Waals surface area contributed by atoms with E-state index in [0.717, 1.165) is 24.2 Å². The first-order valence-corrected chi connectivity index (χ1v) is 12.2. The number of imide groups is 1. The molecule has 1 aliphatic heterocycles. The zero-order valence-corrected chi connectivity index (χ0v) is 19.1. The molecule has 3 amide bonds. The van der Waals surface area contributed by atoms with Crippen molar-refractivity contribution in [1.82, 2.24) is 10.2 Å². The lowest BCUT2D eigenvalue weighted by Gasteiger charge is -2.34. The van der Waals surface area contributed by atoms with Gasteiger partial charge in [-0.3, -0.25) is 19.3 Å². The van der Waals surface area contributed by atoms with Crippen LogP contribution in [0.5, 0.6) is 0 Å². The van der Waals surface area contributed by atoms with E-state index in [1.165, 1.54) is 11.8 Å². The third-order valence-electron chi connectivity index (χ3n) is 6.40. The number of benzene rings is 1. The first kappa shape index (κ1) is 23.3. The summed E-state index contributed by atoms with van der Waals surface area (Å²) in [7, 11) is 0. The predicted molar refractivity (Wildman–Crippen MR) is 119 cm³/mol. The Kier molecular flexibility index (Phi) is 7.75. The van der Waals surface area contributed by atoms with Crippen molar-refractivity contribution in [2.75, 3.05) is 18.6 Å². The van der Waals surface area contributed by atoms with Gasteiger partial charge in [0.05, 0.1) is 11.1 Å². The number of hydrogen-bond donors (Lipinski definition) is 1. The lowest BCUT2D eigenvalue weighted by atomic mass is 9.78. The topological polar surface area (TPSA) is 92.8 Å². The van der Waals surface area contributed by atoms with Gasteiger partial charge in [-0.2, -0.15) is 11.8 Å². The fourth-order valence-corrected chi connectivity index (χ4v) is 4.80. The van der Waals surface area contributed by atoms with Gasteiger partial charge in [-0.05, 0) is 48.8 Å². The van der Waals surface area contributed by atoms with Crippen molar-refractivity contribution < 1.29 is 23.9 Å². The van der Waals surface area contributed by atoms with E-state index in [2.05, 4.69) is 19.2 Å². The third-order valence-corrected chi connectivity index (χ3v) is 7.05. The second kappa shape index (κ2) is 10.3. The highest BCUT2D eigenvalue weighted by Gasteiger charge is 2.43. The molecule has 0 unspecified atom stereocenters. The van der Waals surface area contributed by atoms with E-state index in [1.54, 1.807) is 24.3 Å². The molecule has 1 heterocycles. The van der Waals surface area contributed by atoms with Crippen LogP contribution in [0.3, 0.4) is 0 Å². The number of amides is 3. The summed E-state index contributed by atoms with van der Waals surface area (Å²) in [4.78, 5) is 51.8. The molecule has 1 saturated carbocycles. The summed E-state index contributed by atoms with van der Waals surface area (Å²) in [6, 6.07) is 5.53. The Bertz CT molecular complexity index is 823. The van der Waals surface area contributed by atoms with Crippen LogP contribution in [0, 0.1) is 11.8 Å². The smallest absolute Gasteiger partial charge is 0.329 e. The van der Waals surface area contributed by atoms with Crippen LogP contribution in [0.25, 0.3) is 0 Å². The van der Waals surface area contributed by atoms with Crippen LogP contribution >= 0.6 is 11.8 Å². The van der Waals surface area contributed by atoms with Crippen molar-refractivity contribution in [3.8, 4) is 0 Å².